The van der Waals surface area contributed by atoms with Gasteiger partial charge < -0.3 is 4.74 Å². The van der Waals surface area contributed by atoms with Gasteiger partial charge in [-0.1, -0.05) is 36.4 Å². The zero-order valence-corrected chi connectivity index (χ0v) is 9.22. The van der Waals surface area contributed by atoms with E-state index in [0.717, 1.165) is 0 Å². The number of carbonyl (C=O) groups excluding carboxylic acids is 1. The van der Waals surface area contributed by atoms with Gasteiger partial charge in [0.25, 0.3) is 0 Å². The molecule has 0 saturated heterocycles. The molecular weight excluding hydrogens is 212 g/mol. The van der Waals surface area contributed by atoms with Crippen molar-refractivity contribution in [2.24, 2.45) is 0 Å². The van der Waals surface area contributed by atoms with Crippen LogP contribution in [-0.2, 0) is 9.53 Å². The predicted molar refractivity (Wildman–Crippen MR) is 67.4 cm³/mol. The van der Waals surface area contributed by atoms with E-state index in [2.05, 4.69) is 36.4 Å². The summed E-state index contributed by atoms with van der Waals surface area (Å²) in [5, 5.41) is 2.45. The van der Waals surface area contributed by atoms with Crippen molar-refractivity contribution in [1.29, 1.82) is 0 Å². The van der Waals surface area contributed by atoms with Gasteiger partial charge >= 0.3 is 6.47 Å². The van der Waals surface area contributed by atoms with Crippen LogP contribution < -0.4 is 0 Å². The van der Waals surface area contributed by atoms with Gasteiger partial charge in [-0.3, -0.25) is 0 Å². The molecule has 0 fully saturated rings. The number of benzene rings is 2. The molecule has 1 radical (unpaired) electrons. The van der Waals surface area contributed by atoms with Gasteiger partial charge in [0, 0.05) is 5.92 Å². The number of fused-ring (bicyclic) bond motifs is 2. The molecule has 2 aromatic carbocycles. The van der Waals surface area contributed by atoms with E-state index in [0.29, 0.717) is 6.61 Å². The molecule has 0 aliphatic heterocycles. The van der Waals surface area contributed by atoms with Gasteiger partial charge in [0.2, 0.25) is 0 Å². The van der Waals surface area contributed by atoms with Crippen LogP contribution in [0.1, 0.15) is 17.0 Å². The van der Waals surface area contributed by atoms with Crippen LogP contribution >= 0.6 is 0 Å². The Kier molecular flexibility index (Phi) is 2.41. The maximum absolute atomic E-state index is 10.1. The number of ether oxygens (including phenoxy) is 1. The standard InChI is InChI=1S/C15H11O2/c16-10-17-9-14-6-5-13-7-11-3-1-2-4-12(11)8-15(13)14/h1-8,14H,9H2. The molecule has 0 heterocycles. The molecule has 2 heteroatoms. The van der Waals surface area contributed by atoms with Crippen molar-refractivity contribution in [1.82, 2.24) is 0 Å². The molecule has 0 bridgehead atoms. The Bertz CT molecular complexity index is 599. The second kappa shape index (κ2) is 4.06. The van der Waals surface area contributed by atoms with Crippen molar-refractivity contribution in [2.45, 2.75) is 5.92 Å². The van der Waals surface area contributed by atoms with E-state index >= 15 is 0 Å². The molecule has 2 aromatic rings. The summed E-state index contributed by atoms with van der Waals surface area (Å²) >= 11 is 0. The van der Waals surface area contributed by atoms with Crippen LogP contribution in [0, 0.1) is 0 Å². The first-order valence-electron chi connectivity index (χ1n) is 5.58. The second-order valence-corrected chi connectivity index (χ2v) is 4.19. The van der Waals surface area contributed by atoms with Gasteiger partial charge in [0.05, 0.1) is 0 Å². The van der Waals surface area contributed by atoms with Crippen molar-refractivity contribution < 1.29 is 9.53 Å². The third-order valence-electron chi connectivity index (χ3n) is 3.18. The minimum atomic E-state index is 0.163. The average Bonchev–Trinajstić information content (AvgIpc) is 2.76. The summed E-state index contributed by atoms with van der Waals surface area (Å²) in [6.45, 7) is 1.85. The van der Waals surface area contributed by atoms with Gasteiger partial charge in [-0.2, -0.15) is 0 Å². The molecule has 2 nitrogen and oxygen atoms in total. The van der Waals surface area contributed by atoms with E-state index in [4.69, 9.17) is 4.74 Å². The quantitative estimate of drug-likeness (QED) is 0.799. The molecule has 0 amide bonds. The maximum atomic E-state index is 10.1. The summed E-state index contributed by atoms with van der Waals surface area (Å²) in [6.07, 6.45) is 4.15. The molecule has 1 atom stereocenters. The van der Waals surface area contributed by atoms with Crippen LogP contribution in [0.3, 0.4) is 0 Å². The third kappa shape index (κ3) is 1.72. The van der Waals surface area contributed by atoms with E-state index in [9.17, 15) is 4.79 Å². The topological polar surface area (TPSA) is 26.3 Å². The lowest BCUT2D eigenvalue weighted by atomic mass is 9.97. The van der Waals surface area contributed by atoms with E-state index in [1.54, 1.807) is 0 Å². The molecule has 3 rings (SSSR count). The molecule has 83 valence electrons. The Labute approximate surface area is 99.5 Å². The first kappa shape index (κ1) is 10.1. The lowest BCUT2D eigenvalue weighted by Gasteiger charge is -2.10. The van der Waals surface area contributed by atoms with Gasteiger partial charge in [-0.05, 0) is 34.0 Å². The van der Waals surface area contributed by atoms with Crippen molar-refractivity contribution in [2.75, 3.05) is 6.61 Å². The highest BCUT2D eigenvalue weighted by molar-refractivity contribution is 5.87. The van der Waals surface area contributed by atoms with Crippen LogP contribution in [0.25, 0.3) is 16.8 Å². The first-order valence-corrected chi connectivity index (χ1v) is 5.58. The van der Waals surface area contributed by atoms with Gasteiger partial charge in [0.15, 0.2) is 0 Å². The molecule has 0 N–H and O–H groups in total. The van der Waals surface area contributed by atoms with Gasteiger partial charge in [-0.15, -0.1) is 0 Å². The van der Waals surface area contributed by atoms with Crippen molar-refractivity contribution in [3.8, 4) is 0 Å². The summed E-state index contributed by atoms with van der Waals surface area (Å²) in [5.41, 5.74) is 2.43. The SMILES string of the molecule is O=[C]OCC1C=Cc2cc3ccccc3cc21. The lowest BCUT2D eigenvalue weighted by Crippen LogP contribution is -2.03. The molecule has 0 spiro atoms. The Morgan fingerprint density at radius 2 is 1.94 bits per heavy atom. The fourth-order valence-electron chi connectivity index (χ4n) is 2.33. The van der Waals surface area contributed by atoms with Crippen LogP contribution in [0.4, 0.5) is 0 Å². The Balaban J connectivity index is 2.05. The first-order chi connectivity index (χ1) is 8.38. The van der Waals surface area contributed by atoms with Crippen molar-refractivity contribution in [3.63, 3.8) is 0 Å². The average molecular weight is 223 g/mol. The van der Waals surface area contributed by atoms with Crippen LogP contribution in [0.2, 0.25) is 0 Å². The normalized spacial score (nSPS) is 17.1. The molecule has 17 heavy (non-hydrogen) atoms. The monoisotopic (exact) mass is 223 g/mol. The zero-order chi connectivity index (χ0) is 11.7. The highest BCUT2D eigenvalue weighted by Crippen LogP contribution is 2.33. The summed E-state index contributed by atoms with van der Waals surface area (Å²) in [4.78, 5) is 10.1. The van der Waals surface area contributed by atoms with E-state index in [1.807, 2.05) is 12.1 Å². The highest BCUT2D eigenvalue weighted by atomic mass is 16.5. The molecule has 1 unspecified atom stereocenters. The van der Waals surface area contributed by atoms with Crippen molar-refractivity contribution in [3.05, 3.63) is 53.6 Å². The van der Waals surface area contributed by atoms with Crippen molar-refractivity contribution >= 4 is 23.3 Å². The summed E-state index contributed by atoms with van der Waals surface area (Å²) in [5.74, 6) is 0.163. The van der Waals surface area contributed by atoms with Gasteiger partial charge in [0.1, 0.15) is 6.61 Å². The fourth-order valence-corrected chi connectivity index (χ4v) is 2.33. The molecular formula is C15H11O2. The second-order valence-electron chi connectivity index (χ2n) is 4.19. The smallest absolute Gasteiger partial charge is 0.417 e. The fraction of sp³-hybridized carbons (Fsp3) is 0.133. The predicted octanol–water partition coefficient (Wildman–Crippen LogP) is 3.03. The Hall–Kier alpha value is -2.09. The maximum Gasteiger partial charge on any atom is 0.417 e. The van der Waals surface area contributed by atoms with Gasteiger partial charge in [-0.25, -0.2) is 4.79 Å². The van der Waals surface area contributed by atoms with E-state index in [1.165, 1.54) is 28.4 Å². The molecule has 1 aliphatic carbocycles. The van der Waals surface area contributed by atoms with E-state index < -0.39 is 0 Å². The highest BCUT2D eigenvalue weighted by Gasteiger charge is 2.18. The number of rotatable bonds is 3. The minimum Gasteiger partial charge on any atom is -0.456 e. The third-order valence-corrected chi connectivity index (χ3v) is 3.18. The largest absolute Gasteiger partial charge is 0.456 e. The summed E-state index contributed by atoms with van der Waals surface area (Å²) in [6, 6.07) is 12.6. The van der Waals surface area contributed by atoms with Crippen LogP contribution in [-0.4, -0.2) is 13.1 Å². The lowest BCUT2D eigenvalue weighted by molar-refractivity contribution is 0.270. The zero-order valence-electron chi connectivity index (χ0n) is 9.22. The minimum absolute atomic E-state index is 0.163. The molecule has 0 aromatic heterocycles. The molecule has 1 aliphatic rings. The van der Waals surface area contributed by atoms with Crippen LogP contribution in [0.5, 0.6) is 0 Å². The summed E-state index contributed by atoms with van der Waals surface area (Å²) in [7, 11) is 0. The molecule has 0 saturated carbocycles. The number of hydrogen-bond donors (Lipinski definition) is 0. The van der Waals surface area contributed by atoms with E-state index in [-0.39, 0.29) is 5.92 Å². The summed E-state index contributed by atoms with van der Waals surface area (Å²) < 4.78 is 4.73. The number of hydrogen-bond acceptors (Lipinski definition) is 2. The Morgan fingerprint density at radius 1 is 1.18 bits per heavy atom. The van der Waals surface area contributed by atoms with Crippen LogP contribution in [0.15, 0.2) is 42.5 Å². The Morgan fingerprint density at radius 3 is 2.71 bits per heavy atom.